The van der Waals surface area contributed by atoms with E-state index in [4.69, 9.17) is 18.9 Å². The average Bonchev–Trinajstić information content (AvgIpc) is 2.54. The van der Waals surface area contributed by atoms with Gasteiger partial charge in [-0.3, -0.25) is 4.79 Å². The minimum atomic E-state index is -0.242. The van der Waals surface area contributed by atoms with Crippen LogP contribution in [0, 0.1) is 0 Å². The molecule has 1 fully saturated rings. The third-order valence-electron chi connectivity index (χ3n) is 3.29. The molecule has 0 radical (unpaired) electrons. The van der Waals surface area contributed by atoms with Crippen LogP contribution in [0.2, 0.25) is 0 Å². The van der Waals surface area contributed by atoms with E-state index in [1.54, 1.807) is 12.3 Å². The number of pyridine rings is 1. The lowest BCUT2D eigenvalue weighted by atomic mass is 10.2. The molecule has 0 saturated carbocycles. The van der Waals surface area contributed by atoms with Crippen molar-refractivity contribution in [1.82, 2.24) is 10.3 Å². The lowest BCUT2D eigenvalue weighted by molar-refractivity contribution is -0.213. The van der Waals surface area contributed by atoms with Crippen LogP contribution >= 0.6 is 0 Å². The van der Waals surface area contributed by atoms with E-state index in [0.717, 1.165) is 12.8 Å². The summed E-state index contributed by atoms with van der Waals surface area (Å²) in [7, 11) is 0. The van der Waals surface area contributed by atoms with Gasteiger partial charge in [0.2, 0.25) is 11.8 Å². The standard InChI is InChI=1S/C17H26N2O5/c1-12(2)23-14-6-7-16(19-9-14)24-15-10-21-17(22-11-15)5-4-8-18-13(3)20/h6-7,9,12,15,17H,4-5,8,10-11H2,1-3H3,(H,18,20)/t15-,17+. The molecule has 1 aliphatic rings. The van der Waals surface area contributed by atoms with Gasteiger partial charge < -0.3 is 24.3 Å². The Bertz CT molecular complexity index is 498. The Morgan fingerprint density at radius 3 is 2.71 bits per heavy atom. The van der Waals surface area contributed by atoms with Gasteiger partial charge in [-0.15, -0.1) is 0 Å². The summed E-state index contributed by atoms with van der Waals surface area (Å²) >= 11 is 0. The van der Waals surface area contributed by atoms with Crippen LogP contribution < -0.4 is 14.8 Å². The SMILES string of the molecule is CC(=O)NCCC[C@H]1OC[C@@H](Oc2ccc(OC(C)C)cn2)CO1. The Kier molecular flexibility index (Phi) is 7.27. The maximum Gasteiger partial charge on any atom is 0.216 e. The van der Waals surface area contributed by atoms with Gasteiger partial charge in [-0.05, 0) is 26.3 Å². The number of carbonyl (C=O) groups is 1. The first-order chi connectivity index (χ1) is 11.5. The van der Waals surface area contributed by atoms with Crippen LogP contribution in [0.4, 0.5) is 0 Å². The highest BCUT2D eigenvalue weighted by Crippen LogP contribution is 2.18. The number of nitrogens with zero attached hydrogens (tertiary/aromatic N) is 1. The summed E-state index contributed by atoms with van der Waals surface area (Å²) in [6.45, 7) is 6.98. The lowest BCUT2D eigenvalue weighted by Gasteiger charge is -2.29. The first-order valence-corrected chi connectivity index (χ1v) is 8.30. The molecule has 134 valence electrons. The van der Waals surface area contributed by atoms with E-state index in [0.29, 0.717) is 31.4 Å². The molecule has 1 saturated heterocycles. The molecule has 0 aliphatic carbocycles. The molecule has 1 aliphatic heterocycles. The molecule has 24 heavy (non-hydrogen) atoms. The van der Waals surface area contributed by atoms with Crippen LogP contribution in [-0.2, 0) is 14.3 Å². The fourth-order valence-electron chi connectivity index (χ4n) is 2.24. The fourth-order valence-corrected chi connectivity index (χ4v) is 2.24. The molecule has 0 unspecified atom stereocenters. The van der Waals surface area contributed by atoms with E-state index in [9.17, 15) is 4.79 Å². The van der Waals surface area contributed by atoms with Gasteiger partial charge in [0.05, 0.1) is 25.5 Å². The van der Waals surface area contributed by atoms with Crippen LogP contribution in [-0.4, -0.2) is 49.1 Å². The number of rotatable bonds is 8. The Morgan fingerprint density at radius 2 is 2.12 bits per heavy atom. The summed E-state index contributed by atoms with van der Waals surface area (Å²) in [4.78, 5) is 15.0. The smallest absolute Gasteiger partial charge is 0.216 e. The first kappa shape index (κ1) is 18.5. The largest absolute Gasteiger partial charge is 0.489 e. The van der Waals surface area contributed by atoms with Crippen LogP contribution in [0.5, 0.6) is 11.6 Å². The van der Waals surface area contributed by atoms with E-state index in [-0.39, 0.29) is 24.4 Å². The van der Waals surface area contributed by atoms with Crippen LogP contribution in [0.15, 0.2) is 18.3 Å². The molecular weight excluding hydrogens is 312 g/mol. The summed E-state index contributed by atoms with van der Waals surface area (Å²) in [6, 6.07) is 3.61. The summed E-state index contributed by atoms with van der Waals surface area (Å²) < 4.78 is 22.6. The summed E-state index contributed by atoms with van der Waals surface area (Å²) in [5, 5.41) is 2.75. The Hall–Kier alpha value is -1.86. The number of hydrogen-bond acceptors (Lipinski definition) is 6. The second-order valence-corrected chi connectivity index (χ2v) is 5.96. The van der Waals surface area contributed by atoms with E-state index in [1.165, 1.54) is 6.92 Å². The minimum absolute atomic E-state index is 0.0220. The molecule has 0 atom stereocenters. The molecule has 0 spiro atoms. The molecule has 1 amide bonds. The van der Waals surface area contributed by atoms with E-state index in [1.807, 2.05) is 19.9 Å². The third kappa shape index (κ3) is 6.72. The molecule has 2 rings (SSSR count). The predicted octanol–water partition coefficient (Wildman–Crippen LogP) is 1.91. The molecule has 1 aromatic heterocycles. The predicted molar refractivity (Wildman–Crippen MR) is 88.0 cm³/mol. The Labute approximate surface area is 142 Å². The van der Waals surface area contributed by atoms with Crippen molar-refractivity contribution >= 4 is 5.91 Å². The molecule has 7 nitrogen and oxygen atoms in total. The summed E-state index contributed by atoms with van der Waals surface area (Å²) in [5.74, 6) is 1.21. The summed E-state index contributed by atoms with van der Waals surface area (Å²) in [5.41, 5.74) is 0. The van der Waals surface area contributed by atoms with Crippen molar-refractivity contribution in [2.24, 2.45) is 0 Å². The van der Waals surface area contributed by atoms with Crippen LogP contribution in [0.1, 0.15) is 33.6 Å². The highest BCUT2D eigenvalue weighted by atomic mass is 16.7. The molecular formula is C17H26N2O5. The number of aromatic nitrogens is 1. The number of ether oxygens (including phenoxy) is 4. The molecule has 1 aromatic rings. The van der Waals surface area contributed by atoms with Crippen molar-refractivity contribution in [3.63, 3.8) is 0 Å². The zero-order valence-corrected chi connectivity index (χ0v) is 14.5. The van der Waals surface area contributed by atoms with Gasteiger partial charge >= 0.3 is 0 Å². The van der Waals surface area contributed by atoms with Gasteiger partial charge in [0.1, 0.15) is 11.9 Å². The molecule has 0 bridgehead atoms. The van der Waals surface area contributed by atoms with Crippen molar-refractivity contribution in [1.29, 1.82) is 0 Å². The zero-order valence-electron chi connectivity index (χ0n) is 14.5. The Balaban J connectivity index is 1.66. The maximum atomic E-state index is 10.8. The number of carbonyl (C=O) groups excluding carboxylic acids is 1. The molecule has 1 N–H and O–H groups in total. The lowest BCUT2D eigenvalue weighted by Crippen LogP contribution is -2.39. The number of hydrogen-bond donors (Lipinski definition) is 1. The minimum Gasteiger partial charge on any atom is -0.489 e. The van der Waals surface area contributed by atoms with Crippen molar-refractivity contribution < 1.29 is 23.7 Å². The van der Waals surface area contributed by atoms with Crippen LogP contribution in [0.25, 0.3) is 0 Å². The van der Waals surface area contributed by atoms with E-state index in [2.05, 4.69) is 10.3 Å². The van der Waals surface area contributed by atoms with Crippen LogP contribution in [0.3, 0.4) is 0 Å². The molecule has 2 heterocycles. The monoisotopic (exact) mass is 338 g/mol. The van der Waals surface area contributed by atoms with Crippen molar-refractivity contribution in [2.75, 3.05) is 19.8 Å². The second-order valence-electron chi connectivity index (χ2n) is 5.96. The van der Waals surface area contributed by atoms with Gasteiger partial charge in [-0.2, -0.15) is 0 Å². The van der Waals surface area contributed by atoms with Gasteiger partial charge in [0, 0.05) is 26.0 Å². The topological polar surface area (TPSA) is 78.9 Å². The van der Waals surface area contributed by atoms with E-state index < -0.39 is 0 Å². The highest BCUT2D eigenvalue weighted by molar-refractivity contribution is 5.72. The summed E-state index contributed by atoms with van der Waals surface area (Å²) in [6.07, 6.45) is 2.89. The quantitative estimate of drug-likeness (QED) is 0.730. The molecule has 7 heteroatoms. The second kappa shape index (κ2) is 9.44. The van der Waals surface area contributed by atoms with Crippen molar-refractivity contribution in [3.8, 4) is 11.6 Å². The first-order valence-electron chi connectivity index (χ1n) is 8.30. The number of nitrogens with one attached hydrogen (secondary N) is 1. The van der Waals surface area contributed by atoms with Gasteiger partial charge in [-0.1, -0.05) is 0 Å². The molecule has 0 aromatic carbocycles. The van der Waals surface area contributed by atoms with Gasteiger partial charge in [0.25, 0.3) is 0 Å². The fraction of sp³-hybridized carbons (Fsp3) is 0.647. The zero-order chi connectivity index (χ0) is 17.4. The Morgan fingerprint density at radius 1 is 1.38 bits per heavy atom. The maximum absolute atomic E-state index is 10.8. The number of amides is 1. The highest BCUT2D eigenvalue weighted by Gasteiger charge is 2.23. The van der Waals surface area contributed by atoms with Crippen molar-refractivity contribution in [3.05, 3.63) is 18.3 Å². The third-order valence-corrected chi connectivity index (χ3v) is 3.29. The van der Waals surface area contributed by atoms with Gasteiger partial charge in [-0.25, -0.2) is 4.98 Å². The average molecular weight is 338 g/mol. The normalized spacial score (nSPS) is 20.7. The van der Waals surface area contributed by atoms with Gasteiger partial charge in [0.15, 0.2) is 6.29 Å². The van der Waals surface area contributed by atoms with Crippen molar-refractivity contribution in [2.45, 2.75) is 52.1 Å². The van der Waals surface area contributed by atoms with E-state index >= 15 is 0 Å².